The third-order valence-electron chi connectivity index (χ3n) is 6.13. The molecule has 1 aliphatic rings. The molecule has 8 nitrogen and oxygen atoms in total. The molecule has 0 radical (unpaired) electrons. The Morgan fingerprint density at radius 2 is 1.67 bits per heavy atom. The highest BCUT2D eigenvalue weighted by Crippen LogP contribution is 2.30. The molecule has 0 spiro atoms. The first-order valence-corrected chi connectivity index (χ1v) is 12.9. The van der Waals surface area contributed by atoms with E-state index in [1.807, 2.05) is 0 Å². The van der Waals surface area contributed by atoms with Crippen LogP contribution in [0.1, 0.15) is 57.8 Å². The number of aromatic nitrogens is 1. The summed E-state index contributed by atoms with van der Waals surface area (Å²) in [7, 11) is -2.62. The van der Waals surface area contributed by atoms with Crippen molar-refractivity contribution in [3.63, 3.8) is 0 Å². The Bertz CT molecular complexity index is 1230. The lowest BCUT2D eigenvalue weighted by Crippen LogP contribution is -2.32. The Balaban J connectivity index is 1.78. The molecular formula is C24H29F3N2O6S. The lowest BCUT2D eigenvalue weighted by Gasteiger charge is -2.21. The van der Waals surface area contributed by atoms with Gasteiger partial charge < -0.3 is 14.0 Å². The van der Waals surface area contributed by atoms with Gasteiger partial charge in [-0.05, 0) is 51.0 Å². The van der Waals surface area contributed by atoms with Gasteiger partial charge in [0.2, 0.25) is 15.8 Å². The minimum atomic E-state index is -4.46. The standard InChI is InChI=1S/C24H29F3N2O6S/c1-16-12-19(17(2)29(16)15-24(25,26)27)20(30)14-35-23(31)18-8-9-21(34-3)22(13-18)36(32,33)28-10-6-4-5-7-11-28/h8-9,12-13H,4-7,10-11,14-15H2,1-3H3. The number of carbonyl (C=O) groups is 2. The van der Waals surface area contributed by atoms with Crippen LogP contribution in [0, 0.1) is 13.8 Å². The molecule has 1 aromatic carbocycles. The second kappa shape index (κ2) is 11.0. The molecule has 3 rings (SSSR count). The van der Waals surface area contributed by atoms with E-state index < -0.39 is 41.1 Å². The number of ether oxygens (including phenoxy) is 2. The highest BCUT2D eigenvalue weighted by molar-refractivity contribution is 7.89. The molecular weight excluding hydrogens is 501 g/mol. The van der Waals surface area contributed by atoms with E-state index in [1.165, 1.54) is 43.5 Å². The maximum Gasteiger partial charge on any atom is 0.406 e. The van der Waals surface area contributed by atoms with Gasteiger partial charge in [-0.1, -0.05) is 12.8 Å². The molecule has 0 N–H and O–H groups in total. The number of nitrogens with zero attached hydrogens (tertiary/aromatic N) is 2. The lowest BCUT2D eigenvalue weighted by molar-refractivity contribution is -0.141. The molecule has 0 aliphatic carbocycles. The van der Waals surface area contributed by atoms with Gasteiger partial charge in [0.25, 0.3) is 0 Å². The Hall–Kier alpha value is -2.86. The van der Waals surface area contributed by atoms with Crippen molar-refractivity contribution in [2.45, 2.75) is 57.1 Å². The van der Waals surface area contributed by atoms with Gasteiger partial charge in [0.05, 0.1) is 12.7 Å². The van der Waals surface area contributed by atoms with E-state index in [9.17, 15) is 31.2 Å². The zero-order chi connectivity index (χ0) is 26.7. The van der Waals surface area contributed by atoms with E-state index in [2.05, 4.69) is 0 Å². The number of hydrogen-bond acceptors (Lipinski definition) is 6. The molecule has 12 heteroatoms. The first kappa shape index (κ1) is 27.7. The van der Waals surface area contributed by atoms with Crippen molar-refractivity contribution in [3.05, 3.63) is 46.8 Å². The van der Waals surface area contributed by atoms with Crippen LogP contribution in [-0.4, -0.2) is 62.0 Å². The highest BCUT2D eigenvalue weighted by atomic mass is 32.2. The molecule has 1 aliphatic heterocycles. The largest absolute Gasteiger partial charge is 0.495 e. The Labute approximate surface area is 208 Å². The van der Waals surface area contributed by atoms with Crippen LogP contribution in [-0.2, 0) is 21.3 Å². The molecule has 2 aromatic rings. The Morgan fingerprint density at radius 3 is 2.25 bits per heavy atom. The molecule has 1 saturated heterocycles. The summed E-state index contributed by atoms with van der Waals surface area (Å²) in [5.41, 5.74) is 0.280. The molecule has 0 amide bonds. The molecule has 0 saturated carbocycles. The Kier molecular flexibility index (Phi) is 8.50. The number of hydrogen-bond donors (Lipinski definition) is 0. The lowest BCUT2D eigenvalue weighted by atomic mass is 10.1. The van der Waals surface area contributed by atoms with Gasteiger partial charge in [-0.25, -0.2) is 13.2 Å². The van der Waals surface area contributed by atoms with E-state index in [4.69, 9.17) is 9.47 Å². The third kappa shape index (κ3) is 6.28. The number of aryl methyl sites for hydroxylation is 1. The highest BCUT2D eigenvalue weighted by Gasteiger charge is 2.31. The Morgan fingerprint density at radius 1 is 1.03 bits per heavy atom. The molecule has 0 unspecified atom stereocenters. The fourth-order valence-corrected chi connectivity index (χ4v) is 5.92. The van der Waals surface area contributed by atoms with Crippen molar-refractivity contribution in [1.82, 2.24) is 8.87 Å². The molecule has 36 heavy (non-hydrogen) atoms. The minimum Gasteiger partial charge on any atom is -0.495 e. The number of ketones is 1. The van der Waals surface area contributed by atoms with Gasteiger partial charge in [0, 0.05) is 30.0 Å². The van der Waals surface area contributed by atoms with Crippen molar-refractivity contribution in [2.75, 3.05) is 26.8 Å². The van der Waals surface area contributed by atoms with Crippen molar-refractivity contribution in [2.24, 2.45) is 0 Å². The number of rotatable bonds is 8. The van der Waals surface area contributed by atoms with Crippen LogP contribution in [0.2, 0.25) is 0 Å². The molecule has 0 atom stereocenters. The van der Waals surface area contributed by atoms with Crippen LogP contribution in [0.4, 0.5) is 13.2 Å². The first-order valence-electron chi connectivity index (χ1n) is 11.5. The monoisotopic (exact) mass is 530 g/mol. The topological polar surface area (TPSA) is 94.9 Å². The summed E-state index contributed by atoms with van der Waals surface area (Å²) in [4.78, 5) is 25.1. The van der Waals surface area contributed by atoms with Crippen molar-refractivity contribution < 1.29 is 40.7 Å². The van der Waals surface area contributed by atoms with Crippen LogP contribution < -0.4 is 4.74 Å². The van der Waals surface area contributed by atoms with Crippen molar-refractivity contribution in [3.8, 4) is 5.75 Å². The quantitative estimate of drug-likeness (QED) is 0.374. The predicted molar refractivity (Wildman–Crippen MR) is 125 cm³/mol. The molecule has 198 valence electrons. The third-order valence-corrected chi connectivity index (χ3v) is 8.05. The maximum absolute atomic E-state index is 13.3. The van der Waals surface area contributed by atoms with Gasteiger partial charge in [-0.15, -0.1) is 0 Å². The molecule has 2 heterocycles. The van der Waals surface area contributed by atoms with Gasteiger partial charge in [-0.2, -0.15) is 17.5 Å². The van der Waals surface area contributed by atoms with Crippen LogP contribution in [0.15, 0.2) is 29.2 Å². The van der Waals surface area contributed by atoms with E-state index in [1.54, 1.807) is 0 Å². The summed E-state index contributed by atoms with van der Waals surface area (Å²) in [5, 5.41) is 0. The average Bonchev–Trinajstić information content (AvgIpc) is 3.02. The number of alkyl halides is 3. The summed E-state index contributed by atoms with van der Waals surface area (Å²) in [6.07, 6.45) is -1.13. The summed E-state index contributed by atoms with van der Waals surface area (Å²) < 4.78 is 77.7. The number of Topliss-reactive ketones (excluding diaryl/α,β-unsaturated/α-hetero) is 1. The second-order valence-corrected chi connectivity index (χ2v) is 10.6. The van der Waals surface area contributed by atoms with E-state index in [0.717, 1.165) is 36.3 Å². The number of carbonyl (C=O) groups excluding carboxylic acids is 2. The van der Waals surface area contributed by atoms with Crippen LogP contribution >= 0.6 is 0 Å². The van der Waals surface area contributed by atoms with Crippen molar-refractivity contribution in [1.29, 1.82) is 0 Å². The number of benzene rings is 1. The van der Waals surface area contributed by atoms with Gasteiger partial charge >= 0.3 is 12.1 Å². The number of sulfonamides is 1. The van der Waals surface area contributed by atoms with Crippen LogP contribution in [0.3, 0.4) is 0 Å². The SMILES string of the molecule is COc1ccc(C(=O)OCC(=O)c2cc(C)n(CC(F)(F)F)c2C)cc1S(=O)(=O)N1CCCCCC1. The summed E-state index contributed by atoms with van der Waals surface area (Å²) in [5.74, 6) is -1.54. The fraction of sp³-hybridized carbons (Fsp3) is 0.500. The summed E-state index contributed by atoms with van der Waals surface area (Å²) in [6.45, 7) is 1.61. The molecule has 0 bridgehead atoms. The fourth-order valence-electron chi connectivity index (χ4n) is 4.22. The van der Waals surface area contributed by atoms with Crippen molar-refractivity contribution >= 4 is 21.8 Å². The van der Waals surface area contributed by atoms with Gasteiger partial charge in [0.15, 0.2) is 6.61 Å². The van der Waals surface area contributed by atoms with E-state index in [-0.39, 0.29) is 33.2 Å². The molecule has 1 aromatic heterocycles. The van der Waals surface area contributed by atoms with Crippen LogP contribution in [0.25, 0.3) is 0 Å². The molecule has 1 fully saturated rings. The number of methoxy groups -OCH3 is 1. The predicted octanol–water partition coefficient (Wildman–Crippen LogP) is 4.28. The normalized spacial score (nSPS) is 15.4. The first-order chi connectivity index (χ1) is 16.8. The zero-order valence-electron chi connectivity index (χ0n) is 20.4. The maximum atomic E-state index is 13.3. The second-order valence-electron chi connectivity index (χ2n) is 8.67. The smallest absolute Gasteiger partial charge is 0.406 e. The van der Waals surface area contributed by atoms with E-state index >= 15 is 0 Å². The van der Waals surface area contributed by atoms with E-state index in [0.29, 0.717) is 13.1 Å². The number of esters is 1. The summed E-state index contributed by atoms with van der Waals surface area (Å²) >= 11 is 0. The summed E-state index contributed by atoms with van der Waals surface area (Å²) in [6, 6.07) is 5.13. The van der Waals surface area contributed by atoms with Crippen LogP contribution in [0.5, 0.6) is 5.75 Å². The van der Waals surface area contributed by atoms with Gasteiger partial charge in [0.1, 0.15) is 17.2 Å². The average molecular weight is 531 g/mol. The zero-order valence-corrected chi connectivity index (χ0v) is 21.2. The minimum absolute atomic E-state index is 0.0173. The number of halogens is 3. The van der Waals surface area contributed by atoms with Gasteiger partial charge in [-0.3, -0.25) is 4.79 Å².